The van der Waals surface area contributed by atoms with Crippen LogP contribution in [0.15, 0.2) is 4.79 Å². The fourth-order valence-electron chi connectivity index (χ4n) is 3.47. The van der Waals surface area contributed by atoms with Crippen LogP contribution in [-0.2, 0) is 17.8 Å². The summed E-state index contributed by atoms with van der Waals surface area (Å²) in [7, 11) is 4.01. The van der Waals surface area contributed by atoms with E-state index < -0.39 is 11.9 Å². The number of rotatable bonds is 5. The Bertz CT molecular complexity index is 838. The van der Waals surface area contributed by atoms with Gasteiger partial charge in [-0.05, 0) is 58.8 Å². The molecule has 0 amide bonds. The lowest BCUT2D eigenvalue weighted by Crippen LogP contribution is -2.27. The van der Waals surface area contributed by atoms with Gasteiger partial charge in [-0.15, -0.1) is 11.3 Å². The molecule has 7 heteroatoms. The predicted molar refractivity (Wildman–Crippen MR) is 95.1 cm³/mol. The van der Waals surface area contributed by atoms with Gasteiger partial charge in [0.25, 0.3) is 5.56 Å². The third-order valence-corrected chi connectivity index (χ3v) is 5.81. The van der Waals surface area contributed by atoms with Crippen molar-refractivity contribution in [3.8, 4) is 0 Å². The number of fused-ring (bicyclic) bond motifs is 3. The van der Waals surface area contributed by atoms with E-state index in [1.165, 1.54) is 11.3 Å². The molecule has 1 atom stereocenters. The molecule has 1 unspecified atom stereocenters. The van der Waals surface area contributed by atoms with Crippen molar-refractivity contribution < 1.29 is 9.90 Å². The highest BCUT2D eigenvalue weighted by molar-refractivity contribution is 7.18. The van der Waals surface area contributed by atoms with Gasteiger partial charge in [0.15, 0.2) is 0 Å². The second kappa shape index (κ2) is 6.64. The van der Waals surface area contributed by atoms with E-state index in [2.05, 4.69) is 9.88 Å². The smallest absolute Gasteiger partial charge is 0.311 e. The van der Waals surface area contributed by atoms with E-state index in [-0.39, 0.29) is 5.56 Å². The number of carboxylic acids is 1. The summed E-state index contributed by atoms with van der Waals surface area (Å²) in [5, 5.41) is 10.1. The van der Waals surface area contributed by atoms with Crippen LogP contribution in [0.4, 0.5) is 0 Å². The van der Waals surface area contributed by atoms with E-state index in [1.54, 1.807) is 4.57 Å². The molecule has 2 aromatic heterocycles. The van der Waals surface area contributed by atoms with Gasteiger partial charge < -0.3 is 10.0 Å². The van der Waals surface area contributed by atoms with Gasteiger partial charge in [-0.3, -0.25) is 14.2 Å². The largest absolute Gasteiger partial charge is 0.481 e. The van der Waals surface area contributed by atoms with Crippen LogP contribution >= 0.6 is 11.3 Å². The Labute approximate surface area is 144 Å². The van der Waals surface area contributed by atoms with Crippen molar-refractivity contribution in [2.75, 3.05) is 20.6 Å². The van der Waals surface area contributed by atoms with E-state index in [4.69, 9.17) is 0 Å². The molecule has 2 heterocycles. The zero-order valence-electron chi connectivity index (χ0n) is 14.3. The van der Waals surface area contributed by atoms with Crippen molar-refractivity contribution in [2.45, 2.75) is 45.1 Å². The Morgan fingerprint density at radius 2 is 2.21 bits per heavy atom. The van der Waals surface area contributed by atoms with Crippen molar-refractivity contribution in [1.29, 1.82) is 0 Å². The van der Waals surface area contributed by atoms with E-state index in [1.807, 2.05) is 21.0 Å². The van der Waals surface area contributed by atoms with Crippen LogP contribution in [0.5, 0.6) is 0 Å². The fraction of sp³-hybridized carbons (Fsp3) is 0.588. The van der Waals surface area contributed by atoms with Crippen LogP contribution in [-0.4, -0.2) is 46.2 Å². The first-order valence-electron chi connectivity index (χ1n) is 8.30. The maximum absolute atomic E-state index is 13.0. The average Bonchev–Trinajstić information content (AvgIpc) is 2.87. The molecule has 3 rings (SSSR count). The molecule has 0 spiro atoms. The Balaban J connectivity index is 2.11. The molecular formula is C17H23N3O3S. The summed E-state index contributed by atoms with van der Waals surface area (Å²) in [6, 6.07) is 0. The lowest BCUT2D eigenvalue weighted by Gasteiger charge is -2.19. The van der Waals surface area contributed by atoms with E-state index in [0.29, 0.717) is 29.0 Å². The maximum atomic E-state index is 13.0. The minimum absolute atomic E-state index is 0.0816. The van der Waals surface area contributed by atoms with Gasteiger partial charge in [0.1, 0.15) is 10.7 Å². The molecule has 0 saturated heterocycles. The van der Waals surface area contributed by atoms with Gasteiger partial charge in [0.2, 0.25) is 0 Å². The molecule has 1 aliphatic carbocycles. The number of hydrogen-bond acceptors (Lipinski definition) is 5. The average molecular weight is 349 g/mol. The first-order chi connectivity index (χ1) is 11.4. The minimum Gasteiger partial charge on any atom is -0.481 e. The summed E-state index contributed by atoms with van der Waals surface area (Å²) in [5.74, 6) is -0.707. The Morgan fingerprint density at radius 3 is 2.88 bits per heavy atom. The molecule has 0 bridgehead atoms. The monoisotopic (exact) mass is 349 g/mol. The highest BCUT2D eigenvalue weighted by Gasteiger charge is 2.32. The normalized spacial score (nSPS) is 17.4. The summed E-state index contributed by atoms with van der Waals surface area (Å²) in [6.45, 7) is 3.35. The number of hydrogen-bond donors (Lipinski definition) is 1. The lowest BCUT2D eigenvalue weighted by atomic mass is 9.86. The summed E-state index contributed by atoms with van der Waals surface area (Å²) >= 11 is 1.49. The van der Waals surface area contributed by atoms with Crippen LogP contribution < -0.4 is 5.56 Å². The minimum atomic E-state index is -0.838. The van der Waals surface area contributed by atoms with Gasteiger partial charge in [0, 0.05) is 11.4 Å². The molecular weight excluding hydrogens is 326 g/mol. The van der Waals surface area contributed by atoms with Gasteiger partial charge in [-0.1, -0.05) is 0 Å². The molecule has 24 heavy (non-hydrogen) atoms. The van der Waals surface area contributed by atoms with Crippen molar-refractivity contribution in [3.05, 3.63) is 26.6 Å². The second-order valence-corrected chi connectivity index (χ2v) is 7.76. The molecule has 1 N–H and O–H groups in total. The Hall–Kier alpha value is -1.73. The third kappa shape index (κ3) is 2.98. The molecule has 1 aliphatic rings. The number of aromatic nitrogens is 2. The Morgan fingerprint density at radius 1 is 1.46 bits per heavy atom. The van der Waals surface area contributed by atoms with Gasteiger partial charge in [-0.2, -0.15) is 0 Å². The lowest BCUT2D eigenvalue weighted by molar-refractivity contribution is -0.139. The first-order valence-corrected chi connectivity index (χ1v) is 9.12. The fourth-order valence-corrected chi connectivity index (χ4v) is 4.78. The molecule has 0 saturated carbocycles. The standard InChI is InChI=1S/C17H23N3O3S/c1-10-18-15-14(16(21)20(10)9-5-8-19(2)3)13-11(17(22)23)6-4-7-12(13)24-15/h11H,4-9H2,1-3H3,(H,22,23). The highest BCUT2D eigenvalue weighted by atomic mass is 32.1. The van der Waals surface area contributed by atoms with Gasteiger partial charge >= 0.3 is 5.97 Å². The molecule has 2 aromatic rings. The highest BCUT2D eigenvalue weighted by Crippen LogP contribution is 2.40. The van der Waals surface area contributed by atoms with Crippen LogP contribution in [0.25, 0.3) is 10.2 Å². The molecule has 130 valence electrons. The summed E-state index contributed by atoms with van der Waals surface area (Å²) in [4.78, 5) is 33.1. The van der Waals surface area contributed by atoms with Crippen LogP contribution in [0.2, 0.25) is 0 Å². The van der Waals surface area contributed by atoms with Crippen LogP contribution in [0.1, 0.15) is 41.4 Å². The summed E-state index contributed by atoms with van der Waals surface area (Å²) in [5.41, 5.74) is 0.648. The molecule has 0 aliphatic heterocycles. The third-order valence-electron chi connectivity index (χ3n) is 4.65. The Kier molecular flexibility index (Phi) is 4.73. The summed E-state index contributed by atoms with van der Waals surface area (Å²) < 4.78 is 1.70. The maximum Gasteiger partial charge on any atom is 0.311 e. The van der Waals surface area contributed by atoms with Crippen molar-refractivity contribution in [2.24, 2.45) is 0 Å². The molecule has 0 radical (unpaired) electrons. The quantitative estimate of drug-likeness (QED) is 0.896. The van der Waals surface area contributed by atoms with E-state index in [9.17, 15) is 14.7 Å². The number of carboxylic acid groups (broad SMARTS) is 1. The van der Waals surface area contributed by atoms with Crippen LogP contribution in [0, 0.1) is 6.92 Å². The number of nitrogens with zero attached hydrogens (tertiary/aromatic N) is 3. The van der Waals surface area contributed by atoms with Crippen molar-refractivity contribution in [1.82, 2.24) is 14.5 Å². The zero-order valence-corrected chi connectivity index (χ0v) is 15.2. The molecule has 0 aromatic carbocycles. The van der Waals surface area contributed by atoms with Crippen molar-refractivity contribution in [3.63, 3.8) is 0 Å². The summed E-state index contributed by atoms with van der Waals surface area (Å²) in [6.07, 6.45) is 3.16. The van der Waals surface area contributed by atoms with Gasteiger partial charge in [0.05, 0.1) is 11.3 Å². The number of aryl methyl sites for hydroxylation is 2. The topological polar surface area (TPSA) is 75.4 Å². The SMILES string of the molecule is Cc1nc2sc3c(c2c(=O)n1CCCN(C)C)C(C(=O)O)CCC3. The molecule has 0 fully saturated rings. The van der Waals surface area contributed by atoms with Gasteiger partial charge in [-0.25, -0.2) is 4.98 Å². The van der Waals surface area contributed by atoms with E-state index in [0.717, 1.165) is 36.2 Å². The first kappa shape index (κ1) is 17.1. The zero-order chi connectivity index (χ0) is 17.4. The predicted octanol–water partition coefficient (Wildman–Crippen LogP) is 2.22. The number of thiophene rings is 1. The van der Waals surface area contributed by atoms with Crippen molar-refractivity contribution >= 4 is 27.5 Å². The number of carbonyl (C=O) groups is 1. The van der Waals surface area contributed by atoms with Crippen LogP contribution in [0.3, 0.4) is 0 Å². The number of aliphatic carboxylic acids is 1. The second-order valence-electron chi connectivity index (χ2n) is 6.67. The molecule has 6 nitrogen and oxygen atoms in total. The van der Waals surface area contributed by atoms with E-state index >= 15 is 0 Å².